The average Bonchev–Trinajstić information content (AvgIpc) is 2.84. The lowest BCUT2D eigenvalue weighted by atomic mass is 10.1. The van der Waals surface area contributed by atoms with E-state index in [0.29, 0.717) is 64.6 Å². The summed E-state index contributed by atoms with van der Waals surface area (Å²) in [6.45, 7) is 10.4. The second-order valence-electron chi connectivity index (χ2n) is 8.04. The number of nitrogens with one attached hydrogen (secondary N) is 2. The van der Waals surface area contributed by atoms with Crippen molar-refractivity contribution in [3.8, 4) is 0 Å². The van der Waals surface area contributed by atoms with Crippen LogP contribution >= 0.6 is 21.6 Å². The number of unbranched alkanes of at least 4 members (excludes halogenated alkanes) is 1. The number of carbonyl (C=O) groups excluding carboxylic acids is 1. The van der Waals surface area contributed by atoms with Crippen LogP contribution in [0.4, 0.5) is 0 Å². The molecule has 0 aliphatic heterocycles. The molecule has 2 N–H and O–H groups in total. The van der Waals surface area contributed by atoms with Gasteiger partial charge in [0.2, 0.25) is 5.91 Å². The molecule has 0 saturated heterocycles. The first-order valence-corrected chi connectivity index (χ1v) is 14.6. The summed E-state index contributed by atoms with van der Waals surface area (Å²) in [5.74, 6) is 0.645. The van der Waals surface area contributed by atoms with Gasteiger partial charge in [0.05, 0.1) is 46.1 Å². The third-order valence-corrected chi connectivity index (χ3v) is 6.64. The Morgan fingerprint density at radius 3 is 2.11 bits per heavy atom. The van der Waals surface area contributed by atoms with Gasteiger partial charge in [-0.25, -0.2) is 0 Å². The zero-order chi connectivity index (χ0) is 25.4. The van der Waals surface area contributed by atoms with Gasteiger partial charge in [0.1, 0.15) is 5.94 Å². The lowest BCUT2D eigenvalue weighted by Crippen LogP contribution is -2.29. The Kier molecular flexibility index (Phi) is 21.6. The van der Waals surface area contributed by atoms with Gasteiger partial charge in [0.25, 0.3) is 0 Å². The van der Waals surface area contributed by atoms with Crippen molar-refractivity contribution >= 4 is 27.5 Å². The van der Waals surface area contributed by atoms with E-state index in [1.165, 1.54) is 0 Å². The quantitative estimate of drug-likeness (QED) is 0.118. The molecule has 1 aromatic carbocycles. The van der Waals surface area contributed by atoms with Crippen LogP contribution in [0, 0.1) is 0 Å². The molecule has 1 amide bonds. The van der Waals surface area contributed by atoms with E-state index in [1.807, 2.05) is 24.3 Å². The summed E-state index contributed by atoms with van der Waals surface area (Å²) in [6, 6.07) is 8.54. The summed E-state index contributed by atoms with van der Waals surface area (Å²) >= 11 is 0. The number of benzene rings is 1. The van der Waals surface area contributed by atoms with E-state index in [4.69, 9.17) is 23.7 Å². The van der Waals surface area contributed by atoms with Crippen molar-refractivity contribution in [3.05, 3.63) is 29.8 Å². The molecule has 8 nitrogen and oxygen atoms in total. The van der Waals surface area contributed by atoms with Gasteiger partial charge in [-0.3, -0.25) is 4.79 Å². The maximum Gasteiger partial charge on any atom is 0.224 e. The molecule has 0 bridgehead atoms. The van der Waals surface area contributed by atoms with E-state index in [-0.39, 0.29) is 5.91 Å². The fraction of sp³-hybridized carbons (Fsp3) is 0.720. The first-order valence-electron chi connectivity index (χ1n) is 12.3. The van der Waals surface area contributed by atoms with Crippen molar-refractivity contribution in [1.82, 2.24) is 10.6 Å². The van der Waals surface area contributed by atoms with Crippen molar-refractivity contribution in [1.29, 1.82) is 0 Å². The van der Waals surface area contributed by atoms with E-state index in [0.717, 1.165) is 43.1 Å². The monoisotopic (exact) mass is 532 g/mol. The first-order chi connectivity index (χ1) is 17.1. The van der Waals surface area contributed by atoms with E-state index in [1.54, 1.807) is 28.7 Å². The second-order valence-corrected chi connectivity index (χ2v) is 10.4. The van der Waals surface area contributed by atoms with Gasteiger partial charge in [-0.15, -0.1) is 0 Å². The van der Waals surface area contributed by atoms with Crippen molar-refractivity contribution in [3.63, 3.8) is 0 Å². The molecule has 0 heterocycles. The highest BCUT2D eigenvalue weighted by atomic mass is 33.1. The predicted molar refractivity (Wildman–Crippen MR) is 144 cm³/mol. The summed E-state index contributed by atoms with van der Waals surface area (Å²) in [4.78, 5) is 13.3. The minimum atomic E-state index is -0.00870. The van der Waals surface area contributed by atoms with Crippen LogP contribution in [-0.4, -0.2) is 90.9 Å². The van der Waals surface area contributed by atoms with Gasteiger partial charge < -0.3 is 34.3 Å². The standard InChI is InChI=1S/C25H44N2O6S2/c1-22(2)26-10-14-30-16-18-32-19-17-31-15-11-27-25(28)20-23-6-8-24(9-7-23)35-34-21-33-13-5-4-12-29-3/h6-9,22,26H,4-5,10-21H2,1-3H3,(H,27,28). The van der Waals surface area contributed by atoms with Crippen LogP contribution in [0.5, 0.6) is 0 Å². The zero-order valence-corrected chi connectivity index (χ0v) is 23.2. The number of hydrogen-bond donors (Lipinski definition) is 2. The highest BCUT2D eigenvalue weighted by molar-refractivity contribution is 8.76. The van der Waals surface area contributed by atoms with E-state index in [2.05, 4.69) is 24.5 Å². The Labute approximate surface area is 219 Å². The number of ether oxygens (including phenoxy) is 5. The lowest BCUT2D eigenvalue weighted by Gasteiger charge is -2.09. The molecule has 0 aromatic heterocycles. The van der Waals surface area contributed by atoms with E-state index < -0.39 is 0 Å². The van der Waals surface area contributed by atoms with Gasteiger partial charge in [-0.1, -0.05) is 47.6 Å². The van der Waals surface area contributed by atoms with Crippen LogP contribution in [0.2, 0.25) is 0 Å². The number of amides is 1. The number of hydrogen-bond acceptors (Lipinski definition) is 9. The maximum absolute atomic E-state index is 12.1. The molecule has 0 saturated carbocycles. The second kappa shape index (κ2) is 23.5. The number of carbonyl (C=O) groups is 1. The van der Waals surface area contributed by atoms with Crippen molar-refractivity contribution in [2.75, 3.05) is 79.0 Å². The van der Waals surface area contributed by atoms with Crippen molar-refractivity contribution < 1.29 is 28.5 Å². The van der Waals surface area contributed by atoms with Gasteiger partial charge >= 0.3 is 0 Å². The summed E-state index contributed by atoms with van der Waals surface area (Å²) < 4.78 is 27.0. The predicted octanol–water partition coefficient (Wildman–Crippen LogP) is 3.53. The normalized spacial score (nSPS) is 11.3. The van der Waals surface area contributed by atoms with Gasteiger partial charge in [0, 0.05) is 44.4 Å². The van der Waals surface area contributed by atoms with Gasteiger partial charge in [-0.05, 0) is 30.5 Å². The topological polar surface area (TPSA) is 87.3 Å². The molecule has 0 atom stereocenters. The van der Waals surface area contributed by atoms with Crippen LogP contribution in [-0.2, 0) is 34.9 Å². The third kappa shape index (κ3) is 21.0. The number of rotatable bonds is 24. The fourth-order valence-electron chi connectivity index (χ4n) is 2.77. The largest absolute Gasteiger partial charge is 0.385 e. The van der Waals surface area contributed by atoms with E-state index in [9.17, 15) is 4.79 Å². The molecule has 202 valence electrons. The highest BCUT2D eigenvalue weighted by Gasteiger charge is 2.04. The number of methoxy groups -OCH3 is 1. The Bertz CT molecular complexity index is 622. The molecule has 35 heavy (non-hydrogen) atoms. The molecule has 0 spiro atoms. The smallest absolute Gasteiger partial charge is 0.224 e. The van der Waals surface area contributed by atoms with Crippen LogP contribution < -0.4 is 10.6 Å². The lowest BCUT2D eigenvalue weighted by molar-refractivity contribution is -0.120. The van der Waals surface area contributed by atoms with Gasteiger partial charge in [0.15, 0.2) is 0 Å². The molecule has 0 fully saturated rings. The molecular formula is C25H44N2O6S2. The summed E-state index contributed by atoms with van der Waals surface area (Å²) in [6.07, 6.45) is 2.40. The Morgan fingerprint density at radius 2 is 1.46 bits per heavy atom. The highest BCUT2D eigenvalue weighted by Crippen LogP contribution is 2.31. The Hall–Kier alpha value is -0.850. The SMILES string of the molecule is COCCCCOCSSc1ccc(CC(=O)NCCOCCOCCOCCNC(C)C)cc1. The van der Waals surface area contributed by atoms with Crippen LogP contribution in [0.1, 0.15) is 32.3 Å². The zero-order valence-electron chi connectivity index (χ0n) is 21.6. The Morgan fingerprint density at radius 1 is 0.829 bits per heavy atom. The molecule has 0 aliphatic carbocycles. The molecule has 0 unspecified atom stereocenters. The maximum atomic E-state index is 12.1. The minimum absolute atomic E-state index is 0.00870. The average molecular weight is 533 g/mol. The molecular weight excluding hydrogens is 488 g/mol. The first kappa shape index (κ1) is 32.2. The third-order valence-electron chi connectivity index (χ3n) is 4.57. The Balaban J connectivity index is 1.94. The van der Waals surface area contributed by atoms with Gasteiger partial charge in [-0.2, -0.15) is 0 Å². The fourth-order valence-corrected chi connectivity index (χ4v) is 4.48. The molecule has 1 rings (SSSR count). The van der Waals surface area contributed by atoms with Crippen LogP contribution in [0.25, 0.3) is 0 Å². The van der Waals surface area contributed by atoms with E-state index >= 15 is 0 Å². The molecule has 1 aromatic rings. The van der Waals surface area contributed by atoms with Crippen LogP contribution in [0.15, 0.2) is 29.2 Å². The summed E-state index contributed by atoms with van der Waals surface area (Å²) in [7, 11) is 5.06. The summed E-state index contributed by atoms with van der Waals surface area (Å²) in [5, 5.41) is 6.18. The van der Waals surface area contributed by atoms with Crippen molar-refractivity contribution in [2.24, 2.45) is 0 Å². The molecule has 0 radical (unpaired) electrons. The van der Waals surface area contributed by atoms with Crippen molar-refractivity contribution in [2.45, 2.75) is 44.0 Å². The van der Waals surface area contributed by atoms with Crippen LogP contribution in [0.3, 0.4) is 0 Å². The summed E-state index contributed by atoms with van der Waals surface area (Å²) in [5.41, 5.74) is 0.989. The molecule has 0 aliphatic rings. The molecule has 10 heteroatoms. The minimum Gasteiger partial charge on any atom is -0.385 e.